The van der Waals surface area contributed by atoms with Crippen molar-refractivity contribution in [2.24, 2.45) is 0 Å². The maximum absolute atomic E-state index is 12.7. The maximum Gasteiger partial charge on any atom is 0.573 e. The molecule has 5 nitrogen and oxygen atoms in total. The zero-order valence-electron chi connectivity index (χ0n) is 15.8. The molecule has 1 unspecified atom stereocenters. The highest BCUT2D eigenvalue weighted by Crippen LogP contribution is 2.29. The molecular formula is C20H15ClF3NO4S2. The second-order valence-electron chi connectivity index (χ2n) is 6.39. The van der Waals surface area contributed by atoms with Gasteiger partial charge in [0.2, 0.25) is 0 Å². The van der Waals surface area contributed by atoms with Gasteiger partial charge in [0, 0.05) is 11.9 Å². The average Bonchev–Trinajstić information content (AvgIpc) is 2.66. The molecule has 0 aromatic heterocycles. The second-order valence-corrected chi connectivity index (χ2v) is 9.99. The van der Waals surface area contributed by atoms with Crippen LogP contribution in [0.3, 0.4) is 0 Å². The van der Waals surface area contributed by atoms with E-state index in [0.717, 1.165) is 6.26 Å². The Morgan fingerprint density at radius 3 is 2.23 bits per heavy atom. The molecule has 0 aliphatic rings. The Labute approximate surface area is 184 Å². The summed E-state index contributed by atoms with van der Waals surface area (Å²) < 4.78 is 79.4. The molecule has 164 valence electrons. The van der Waals surface area contributed by atoms with Gasteiger partial charge in [0.05, 0.1) is 14.8 Å². The summed E-state index contributed by atoms with van der Waals surface area (Å²) in [5.41, 5.74) is 1.76. The maximum atomic E-state index is 12.7. The van der Waals surface area contributed by atoms with E-state index in [9.17, 15) is 25.8 Å². The molecule has 0 saturated heterocycles. The second kappa shape index (κ2) is 8.89. The zero-order chi connectivity index (χ0) is 22.8. The highest BCUT2D eigenvalue weighted by atomic mass is 35.5. The predicted octanol–water partition coefficient (Wildman–Crippen LogP) is 5.44. The standard InChI is InChI=1S/C20H15ClF3NO4S2/c1-31(27,28)17-9-10-19(18(21)12-17)30(26)25-15-4-2-3-14(11-15)13-5-7-16(8-6-13)29-20(22,23)24/h2-12,25H,1H3. The first-order valence-corrected chi connectivity index (χ1v) is 12.0. The van der Waals surface area contributed by atoms with E-state index in [4.69, 9.17) is 11.6 Å². The molecule has 0 radical (unpaired) electrons. The molecule has 1 atom stereocenters. The van der Waals surface area contributed by atoms with Crippen LogP contribution in [0.5, 0.6) is 5.75 Å². The van der Waals surface area contributed by atoms with Gasteiger partial charge in [-0.05, 0) is 53.6 Å². The summed E-state index contributed by atoms with van der Waals surface area (Å²) >= 11 is 6.09. The quantitative estimate of drug-likeness (QED) is 0.500. The minimum Gasteiger partial charge on any atom is -0.406 e. The highest BCUT2D eigenvalue weighted by molar-refractivity contribution is 7.90. The molecule has 0 amide bonds. The molecular weight excluding hydrogens is 475 g/mol. The Bertz CT molecular complexity index is 1230. The van der Waals surface area contributed by atoms with Crippen LogP contribution in [0.25, 0.3) is 11.1 Å². The lowest BCUT2D eigenvalue weighted by Crippen LogP contribution is -2.16. The van der Waals surface area contributed by atoms with Crippen LogP contribution in [-0.2, 0) is 20.8 Å². The van der Waals surface area contributed by atoms with Gasteiger partial charge < -0.3 is 9.46 Å². The lowest BCUT2D eigenvalue weighted by molar-refractivity contribution is -0.274. The van der Waals surface area contributed by atoms with Crippen molar-refractivity contribution in [3.05, 3.63) is 71.8 Å². The van der Waals surface area contributed by atoms with Gasteiger partial charge in [-0.1, -0.05) is 35.9 Å². The molecule has 0 aliphatic heterocycles. The molecule has 0 saturated carbocycles. The van der Waals surface area contributed by atoms with E-state index in [2.05, 4.69) is 9.46 Å². The Morgan fingerprint density at radius 1 is 0.968 bits per heavy atom. The summed E-state index contributed by atoms with van der Waals surface area (Å²) in [5.74, 6) is -0.334. The first-order valence-electron chi connectivity index (χ1n) is 8.57. The van der Waals surface area contributed by atoms with E-state index >= 15 is 0 Å². The summed E-state index contributed by atoms with van der Waals surface area (Å²) in [7, 11) is -5.23. The third-order valence-electron chi connectivity index (χ3n) is 4.03. The summed E-state index contributed by atoms with van der Waals surface area (Å²) in [5, 5.41) is 0.0326. The lowest BCUT2D eigenvalue weighted by atomic mass is 10.1. The zero-order valence-corrected chi connectivity index (χ0v) is 18.2. The minimum atomic E-state index is -4.77. The third kappa shape index (κ3) is 6.22. The van der Waals surface area contributed by atoms with Crippen LogP contribution >= 0.6 is 11.6 Å². The average molecular weight is 490 g/mol. The van der Waals surface area contributed by atoms with Gasteiger partial charge in [0.15, 0.2) is 20.8 Å². The van der Waals surface area contributed by atoms with E-state index in [-0.39, 0.29) is 20.6 Å². The molecule has 3 rings (SSSR count). The monoisotopic (exact) mass is 489 g/mol. The largest absolute Gasteiger partial charge is 0.573 e. The molecule has 0 spiro atoms. The molecule has 0 fully saturated rings. The van der Waals surface area contributed by atoms with Gasteiger partial charge in [0.1, 0.15) is 5.75 Å². The topological polar surface area (TPSA) is 72.5 Å². The molecule has 0 heterocycles. The van der Waals surface area contributed by atoms with Gasteiger partial charge in [-0.3, -0.25) is 0 Å². The SMILES string of the molecule is CS(=O)(=O)c1ccc(S(=O)Nc2cccc(-c3ccc(OC(F)(F)F)cc3)c2)c(Cl)c1. The number of hydrogen-bond acceptors (Lipinski definition) is 4. The van der Waals surface area contributed by atoms with Crippen molar-refractivity contribution in [1.29, 1.82) is 0 Å². The predicted molar refractivity (Wildman–Crippen MR) is 113 cm³/mol. The third-order valence-corrected chi connectivity index (χ3v) is 6.74. The summed E-state index contributed by atoms with van der Waals surface area (Å²) in [4.78, 5) is 0.214. The van der Waals surface area contributed by atoms with E-state index in [0.29, 0.717) is 16.8 Å². The molecule has 1 N–H and O–H groups in total. The van der Waals surface area contributed by atoms with Gasteiger partial charge >= 0.3 is 6.36 Å². The lowest BCUT2D eigenvalue weighted by Gasteiger charge is -2.11. The van der Waals surface area contributed by atoms with E-state index in [1.165, 1.54) is 42.5 Å². The van der Waals surface area contributed by atoms with Crippen molar-refractivity contribution in [3.8, 4) is 16.9 Å². The summed E-state index contributed by atoms with van der Waals surface area (Å²) in [6, 6.07) is 16.0. The van der Waals surface area contributed by atoms with Crippen LogP contribution < -0.4 is 9.46 Å². The molecule has 11 heteroatoms. The molecule has 0 aliphatic carbocycles. The van der Waals surface area contributed by atoms with Crippen molar-refractivity contribution in [2.75, 3.05) is 11.0 Å². The van der Waals surface area contributed by atoms with E-state index in [1.54, 1.807) is 24.3 Å². The minimum absolute atomic E-state index is 0.0122. The van der Waals surface area contributed by atoms with Crippen LogP contribution in [-0.4, -0.2) is 25.2 Å². The first kappa shape index (κ1) is 23.1. The molecule has 31 heavy (non-hydrogen) atoms. The Hall–Kier alpha value is -2.56. The van der Waals surface area contributed by atoms with Gasteiger partial charge in [-0.15, -0.1) is 13.2 Å². The smallest absolute Gasteiger partial charge is 0.406 e. The van der Waals surface area contributed by atoms with Crippen LogP contribution in [0.2, 0.25) is 5.02 Å². The van der Waals surface area contributed by atoms with Crippen LogP contribution in [0.15, 0.2) is 76.5 Å². The first-order chi connectivity index (χ1) is 14.4. The van der Waals surface area contributed by atoms with E-state index in [1.807, 2.05) is 0 Å². The van der Waals surface area contributed by atoms with Crippen molar-refractivity contribution >= 4 is 38.1 Å². The van der Waals surface area contributed by atoms with Crippen molar-refractivity contribution in [1.82, 2.24) is 0 Å². The number of rotatable bonds is 6. The van der Waals surface area contributed by atoms with Crippen molar-refractivity contribution in [2.45, 2.75) is 16.2 Å². The Balaban J connectivity index is 1.79. The number of ether oxygens (including phenoxy) is 1. The fraction of sp³-hybridized carbons (Fsp3) is 0.100. The van der Waals surface area contributed by atoms with Crippen LogP contribution in [0, 0.1) is 0 Å². The number of sulfone groups is 1. The van der Waals surface area contributed by atoms with Gasteiger partial charge in [-0.2, -0.15) is 0 Å². The fourth-order valence-electron chi connectivity index (χ4n) is 2.64. The number of hydrogen-bond donors (Lipinski definition) is 1. The van der Waals surface area contributed by atoms with Crippen molar-refractivity contribution in [3.63, 3.8) is 0 Å². The number of benzene rings is 3. The number of halogens is 4. The molecule has 3 aromatic carbocycles. The van der Waals surface area contributed by atoms with Gasteiger partial charge in [-0.25, -0.2) is 12.6 Å². The van der Waals surface area contributed by atoms with Gasteiger partial charge in [0.25, 0.3) is 0 Å². The Kier molecular flexibility index (Phi) is 6.63. The van der Waals surface area contributed by atoms with Crippen LogP contribution in [0.4, 0.5) is 18.9 Å². The normalized spacial score (nSPS) is 12.9. The molecule has 3 aromatic rings. The fourth-order valence-corrected chi connectivity index (χ4v) is 4.62. The van der Waals surface area contributed by atoms with Crippen molar-refractivity contribution < 1.29 is 30.5 Å². The Morgan fingerprint density at radius 2 is 1.65 bits per heavy atom. The summed E-state index contributed by atoms with van der Waals surface area (Å²) in [6.45, 7) is 0. The summed E-state index contributed by atoms with van der Waals surface area (Å²) in [6.07, 6.45) is -3.73. The number of nitrogens with one attached hydrogen (secondary N) is 1. The molecule has 0 bridgehead atoms. The van der Waals surface area contributed by atoms with Crippen LogP contribution in [0.1, 0.15) is 0 Å². The van der Waals surface area contributed by atoms with E-state index < -0.39 is 27.2 Å². The number of anilines is 1. The highest BCUT2D eigenvalue weighted by Gasteiger charge is 2.30. The number of alkyl halides is 3.